The number of hydrogen-bond acceptors (Lipinski definition) is 2. The second-order valence-corrected chi connectivity index (χ2v) is 3.82. The smallest absolute Gasteiger partial charge is 0.258 e. The SMILES string of the molecule is C#CCNC(=O)COc1c(F)cc(F)cc1Br. The first kappa shape index (κ1) is 13.5. The predicted octanol–water partition coefficient (Wildman–Crippen LogP) is 1.86. The number of benzene rings is 1. The Morgan fingerprint density at radius 3 is 2.82 bits per heavy atom. The Bertz CT molecular complexity index is 448. The predicted molar refractivity (Wildman–Crippen MR) is 61.4 cm³/mol. The maximum absolute atomic E-state index is 13.3. The van der Waals surface area contributed by atoms with Crippen molar-refractivity contribution in [2.24, 2.45) is 0 Å². The number of nitrogens with one attached hydrogen (secondary N) is 1. The first-order valence-corrected chi connectivity index (χ1v) is 5.31. The Morgan fingerprint density at radius 1 is 1.53 bits per heavy atom. The van der Waals surface area contributed by atoms with Crippen molar-refractivity contribution < 1.29 is 18.3 Å². The van der Waals surface area contributed by atoms with Crippen LogP contribution in [0.15, 0.2) is 16.6 Å². The van der Waals surface area contributed by atoms with Gasteiger partial charge < -0.3 is 10.1 Å². The molecule has 0 radical (unpaired) electrons. The Hall–Kier alpha value is -1.61. The van der Waals surface area contributed by atoms with E-state index in [-0.39, 0.29) is 16.8 Å². The minimum atomic E-state index is -0.887. The van der Waals surface area contributed by atoms with E-state index in [4.69, 9.17) is 11.2 Å². The van der Waals surface area contributed by atoms with Crippen LogP contribution in [0.5, 0.6) is 5.75 Å². The standard InChI is InChI=1S/C11H8BrF2NO2/c1-2-3-15-10(16)6-17-11-8(12)4-7(13)5-9(11)14/h1,4-5H,3,6H2,(H,15,16). The summed E-state index contributed by atoms with van der Waals surface area (Å²) in [5.74, 6) is -0.126. The second-order valence-electron chi connectivity index (χ2n) is 2.97. The third-order valence-electron chi connectivity index (χ3n) is 1.70. The van der Waals surface area contributed by atoms with Gasteiger partial charge in [0.1, 0.15) is 5.82 Å². The fourth-order valence-corrected chi connectivity index (χ4v) is 1.53. The first-order valence-electron chi connectivity index (χ1n) is 4.52. The van der Waals surface area contributed by atoms with Crippen LogP contribution in [0, 0.1) is 24.0 Å². The number of ether oxygens (including phenoxy) is 1. The number of halogens is 3. The highest BCUT2D eigenvalue weighted by atomic mass is 79.9. The highest BCUT2D eigenvalue weighted by Gasteiger charge is 2.12. The Morgan fingerprint density at radius 2 is 2.24 bits per heavy atom. The van der Waals surface area contributed by atoms with E-state index < -0.39 is 24.1 Å². The second kappa shape index (κ2) is 6.21. The van der Waals surface area contributed by atoms with Crippen LogP contribution in [0.2, 0.25) is 0 Å². The highest BCUT2D eigenvalue weighted by molar-refractivity contribution is 9.10. The fourth-order valence-electron chi connectivity index (χ4n) is 1.01. The van der Waals surface area contributed by atoms with Crippen LogP contribution >= 0.6 is 15.9 Å². The number of rotatable bonds is 4. The van der Waals surface area contributed by atoms with Crippen molar-refractivity contribution in [3.63, 3.8) is 0 Å². The van der Waals surface area contributed by atoms with E-state index in [1.165, 1.54) is 0 Å². The molecule has 1 aromatic rings. The normalized spacial score (nSPS) is 9.53. The lowest BCUT2D eigenvalue weighted by atomic mass is 10.3. The summed E-state index contributed by atoms with van der Waals surface area (Å²) >= 11 is 2.93. The lowest BCUT2D eigenvalue weighted by Crippen LogP contribution is -2.29. The largest absolute Gasteiger partial charge is 0.480 e. The molecule has 0 aliphatic rings. The van der Waals surface area contributed by atoms with Crippen LogP contribution in [0.1, 0.15) is 0 Å². The van der Waals surface area contributed by atoms with Crippen LogP contribution in [-0.4, -0.2) is 19.1 Å². The van der Waals surface area contributed by atoms with Gasteiger partial charge in [0.25, 0.3) is 5.91 Å². The van der Waals surface area contributed by atoms with Crippen LogP contribution < -0.4 is 10.1 Å². The summed E-state index contributed by atoms with van der Waals surface area (Å²) in [6, 6.07) is 1.71. The van der Waals surface area contributed by atoms with Gasteiger partial charge in [-0.1, -0.05) is 5.92 Å². The molecule has 0 bridgehead atoms. The number of hydrogen-bond donors (Lipinski definition) is 1. The molecule has 3 nitrogen and oxygen atoms in total. The quantitative estimate of drug-likeness (QED) is 0.862. The molecule has 0 atom stereocenters. The lowest BCUT2D eigenvalue weighted by Gasteiger charge is -2.08. The summed E-state index contributed by atoms with van der Waals surface area (Å²) in [6.45, 7) is -0.335. The summed E-state index contributed by atoms with van der Waals surface area (Å²) in [4.78, 5) is 11.1. The van der Waals surface area contributed by atoms with Gasteiger partial charge >= 0.3 is 0 Å². The van der Waals surface area contributed by atoms with Crippen molar-refractivity contribution in [2.45, 2.75) is 0 Å². The zero-order valence-electron chi connectivity index (χ0n) is 8.60. The van der Waals surface area contributed by atoms with E-state index in [0.717, 1.165) is 6.07 Å². The van der Waals surface area contributed by atoms with Gasteiger partial charge in [-0.05, 0) is 22.0 Å². The molecule has 1 rings (SSSR count). The molecule has 1 amide bonds. The average Bonchev–Trinajstić information content (AvgIpc) is 2.24. The first-order chi connectivity index (χ1) is 8.04. The maximum atomic E-state index is 13.3. The molecular formula is C11H8BrF2NO2. The molecule has 0 saturated carbocycles. The van der Waals surface area contributed by atoms with E-state index in [1.54, 1.807) is 0 Å². The zero-order chi connectivity index (χ0) is 12.8. The van der Waals surface area contributed by atoms with Gasteiger partial charge in [-0.3, -0.25) is 4.79 Å². The van der Waals surface area contributed by atoms with Gasteiger partial charge in [-0.25, -0.2) is 8.78 Å². The van der Waals surface area contributed by atoms with Crippen molar-refractivity contribution in [1.82, 2.24) is 5.32 Å². The highest BCUT2D eigenvalue weighted by Crippen LogP contribution is 2.29. The molecule has 0 fully saturated rings. The van der Waals surface area contributed by atoms with Gasteiger partial charge in [-0.2, -0.15) is 0 Å². The van der Waals surface area contributed by atoms with Gasteiger partial charge in [0.15, 0.2) is 18.2 Å². The summed E-state index contributed by atoms with van der Waals surface area (Å²) < 4.78 is 31.0. The molecule has 0 aliphatic carbocycles. The van der Waals surface area contributed by atoms with Crippen molar-refractivity contribution in [3.05, 3.63) is 28.2 Å². The van der Waals surface area contributed by atoms with Crippen LogP contribution in [0.25, 0.3) is 0 Å². The molecule has 0 aliphatic heterocycles. The molecule has 90 valence electrons. The summed E-state index contributed by atoms with van der Waals surface area (Å²) in [5.41, 5.74) is 0. The van der Waals surface area contributed by atoms with Crippen LogP contribution in [-0.2, 0) is 4.79 Å². The Kier molecular flexibility index (Phi) is 4.91. The number of amides is 1. The molecule has 17 heavy (non-hydrogen) atoms. The molecule has 0 aromatic heterocycles. The molecule has 1 aromatic carbocycles. The number of terminal acetylenes is 1. The monoisotopic (exact) mass is 303 g/mol. The van der Waals surface area contributed by atoms with Gasteiger partial charge in [-0.15, -0.1) is 6.42 Å². The number of carbonyl (C=O) groups excluding carboxylic acids is 1. The minimum Gasteiger partial charge on any atom is -0.480 e. The molecule has 0 heterocycles. The lowest BCUT2D eigenvalue weighted by molar-refractivity contribution is -0.122. The summed E-state index contributed by atoms with van der Waals surface area (Å²) in [5, 5.41) is 2.34. The van der Waals surface area contributed by atoms with Gasteiger partial charge in [0, 0.05) is 6.07 Å². The molecule has 6 heteroatoms. The maximum Gasteiger partial charge on any atom is 0.258 e. The molecule has 0 spiro atoms. The Labute approximate surface area is 105 Å². The minimum absolute atomic E-state index is 0.0647. The Balaban J connectivity index is 2.64. The van der Waals surface area contributed by atoms with E-state index in [9.17, 15) is 13.6 Å². The third-order valence-corrected chi connectivity index (χ3v) is 2.29. The van der Waals surface area contributed by atoms with E-state index in [2.05, 4.69) is 27.2 Å². The van der Waals surface area contributed by atoms with Crippen LogP contribution in [0.4, 0.5) is 8.78 Å². The van der Waals surface area contributed by atoms with E-state index in [1.807, 2.05) is 0 Å². The fraction of sp³-hybridized carbons (Fsp3) is 0.182. The van der Waals surface area contributed by atoms with Crippen molar-refractivity contribution >= 4 is 21.8 Å². The van der Waals surface area contributed by atoms with Crippen molar-refractivity contribution in [3.8, 4) is 18.1 Å². The summed E-state index contributed by atoms with van der Waals surface area (Å²) in [6.07, 6.45) is 4.93. The van der Waals surface area contributed by atoms with Gasteiger partial charge in [0.2, 0.25) is 0 Å². The number of carbonyl (C=O) groups is 1. The van der Waals surface area contributed by atoms with Crippen molar-refractivity contribution in [1.29, 1.82) is 0 Å². The zero-order valence-corrected chi connectivity index (χ0v) is 10.2. The van der Waals surface area contributed by atoms with E-state index in [0.29, 0.717) is 6.07 Å². The molecule has 1 N–H and O–H groups in total. The molecule has 0 unspecified atom stereocenters. The van der Waals surface area contributed by atoms with Crippen LogP contribution in [0.3, 0.4) is 0 Å². The van der Waals surface area contributed by atoms with Crippen molar-refractivity contribution in [2.75, 3.05) is 13.2 Å². The average molecular weight is 304 g/mol. The van der Waals surface area contributed by atoms with E-state index >= 15 is 0 Å². The topological polar surface area (TPSA) is 38.3 Å². The summed E-state index contributed by atoms with van der Waals surface area (Å²) in [7, 11) is 0. The molecular weight excluding hydrogens is 296 g/mol. The third kappa shape index (κ3) is 4.04. The molecule has 0 saturated heterocycles. The van der Waals surface area contributed by atoms with Gasteiger partial charge in [0.05, 0.1) is 11.0 Å².